The van der Waals surface area contributed by atoms with Crippen molar-refractivity contribution in [1.82, 2.24) is 14.9 Å². The maximum atomic E-state index is 14.0. The van der Waals surface area contributed by atoms with Gasteiger partial charge in [0.1, 0.15) is 10.8 Å². The van der Waals surface area contributed by atoms with E-state index in [2.05, 4.69) is 9.97 Å². The molecular formula is C31H25N3O4S. The van der Waals surface area contributed by atoms with E-state index in [4.69, 9.17) is 0 Å². The number of rotatable bonds is 7. The third-order valence-corrected chi connectivity index (χ3v) is 8.26. The van der Waals surface area contributed by atoms with Crippen molar-refractivity contribution in [1.29, 1.82) is 0 Å². The van der Waals surface area contributed by atoms with Crippen molar-refractivity contribution < 1.29 is 19.8 Å². The van der Waals surface area contributed by atoms with Crippen LogP contribution in [-0.2, 0) is 11.2 Å². The van der Waals surface area contributed by atoms with E-state index in [0.717, 1.165) is 22.0 Å². The monoisotopic (exact) mass is 535 g/mol. The van der Waals surface area contributed by atoms with Crippen molar-refractivity contribution in [3.8, 4) is 16.3 Å². The second-order valence-corrected chi connectivity index (χ2v) is 10.5. The lowest BCUT2D eigenvalue weighted by atomic mass is 9.94. The lowest BCUT2D eigenvalue weighted by molar-refractivity contribution is -0.129. The highest BCUT2D eigenvalue weighted by Gasteiger charge is 2.44. The number of thiazole rings is 1. The third-order valence-electron chi connectivity index (χ3n) is 7.05. The minimum Gasteiger partial charge on any atom is -0.508 e. The SMILES string of the molecule is Cc1nc(-c2ccccc2)sc1C(=O)C1=C(O)C(=O)N(CCc2c[nH]c3ccccc23)C1c1cccc(O)c1. The molecule has 0 aliphatic carbocycles. The molecule has 5 aromatic rings. The lowest BCUT2D eigenvalue weighted by Crippen LogP contribution is -2.33. The summed E-state index contributed by atoms with van der Waals surface area (Å²) in [6, 6.07) is 23.1. The number of aromatic hydroxyl groups is 1. The minimum atomic E-state index is -0.857. The van der Waals surface area contributed by atoms with Gasteiger partial charge >= 0.3 is 0 Å². The predicted molar refractivity (Wildman–Crippen MR) is 151 cm³/mol. The highest BCUT2D eigenvalue weighted by atomic mass is 32.1. The van der Waals surface area contributed by atoms with E-state index < -0.39 is 23.5 Å². The van der Waals surface area contributed by atoms with Crippen LogP contribution in [-0.4, -0.2) is 43.3 Å². The number of aromatic nitrogens is 2. The van der Waals surface area contributed by atoms with Gasteiger partial charge in [0.05, 0.1) is 22.2 Å². The number of nitrogens with one attached hydrogen (secondary N) is 1. The number of carbonyl (C=O) groups excluding carboxylic acids is 2. The van der Waals surface area contributed by atoms with Gasteiger partial charge in [0.15, 0.2) is 5.76 Å². The molecule has 0 saturated carbocycles. The number of hydrogen-bond donors (Lipinski definition) is 3. The molecule has 0 saturated heterocycles. The van der Waals surface area contributed by atoms with Gasteiger partial charge in [-0.25, -0.2) is 4.98 Å². The van der Waals surface area contributed by atoms with E-state index >= 15 is 0 Å². The molecule has 1 aliphatic heterocycles. The maximum absolute atomic E-state index is 14.0. The second-order valence-electron chi connectivity index (χ2n) is 9.50. The highest BCUT2D eigenvalue weighted by Crippen LogP contribution is 2.41. The molecule has 1 unspecified atom stereocenters. The predicted octanol–water partition coefficient (Wildman–Crippen LogP) is 6.13. The first kappa shape index (κ1) is 24.6. The Balaban J connectivity index is 1.38. The van der Waals surface area contributed by atoms with E-state index in [1.165, 1.54) is 28.4 Å². The topological polar surface area (TPSA) is 107 Å². The number of aromatic amines is 1. The molecule has 0 spiro atoms. The second kappa shape index (κ2) is 9.89. The van der Waals surface area contributed by atoms with Crippen molar-refractivity contribution in [2.45, 2.75) is 19.4 Å². The van der Waals surface area contributed by atoms with Gasteiger partial charge in [0.25, 0.3) is 5.91 Å². The zero-order valence-corrected chi connectivity index (χ0v) is 21.9. The van der Waals surface area contributed by atoms with Gasteiger partial charge in [-0.1, -0.05) is 60.7 Å². The Labute approximate surface area is 228 Å². The van der Waals surface area contributed by atoms with Crippen molar-refractivity contribution in [2.24, 2.45) is 0 Å². The summed E-state index contributed by atoms with van der Waals surface area (Å²) in [6.07, 6.45) is 2.43. The summed E-state index contributed by atoms with van der Waals surface area (Å²) in [4.78, 5) is 37.2. The van der Waals surface area contributed by atoms with Gasteiger partial charge in [0, 0.05) is 29.2 Å². The number of ketones is 1. The van der Waals surface area contributed by atoms with Crippen LogP contribution in [0.5, 0.6) is 5.75 Å². The zero-order valence-electron chi connectivity index (χ0n) is 21.1. The number of fused-ring (bicyclic) bond motifs is 1. The number of nitrogens with zero attached hydrogens (tertiary/aromatic N) is 2. The van der Waals surface area contributed by atoms with Gasteiger partial charge in [-0.05, 0) is 42.7 Å². The summed E-state index contributed by atoms with van der Waals surface area (Å²) in [5, 5.41) is 23.1. The standard InChI is InChI=1S/C31H25N3O4S/c1-18-29(39-30(33-18)19-8-3-2-4-9-19)27(36)25-26(20-10-7-11-22(35)16-20)34(31(38)28(25)37)15-14-21-17-32-24-13-6-5-12-23(21)24/h2-13,16-17,26,32,35,37H,14-15H2,1H3. The normalized spacial score (nSPS) is 15.5. The van der Waals surface area contributed by atoms with E-state index in [-0.39, 0.29) is 17.9 Å². The number of benzene rings is 3. The van der Waals surface area contributed by atoms with Gasteiger partial charge < -0.3 is 20.1 Å². The molecule has 0 fully saturated rings. The first-order chi connectivity index (χ1) is 18.9. The molecule has 1 aliphatic rings. The molecule has 2 aromatic heterocycles. The van der Waals surface area contributed by atoms with E-state index in [1.807, 2.05) is 60.8 Å². The molecule has 3 N–H and O–H groups in total. The summed E-state index contributed by atoms with van der Waals surface area (Å²) in [7, 11) is 0. The molecule has 7 nitrogen and oxygen atoms in total. The number of aliphatic hydroxyl groups is 1. The number of carbonyl (C=O) groups is 2. The van der Waals surface area contributed by atoms with Crippen molar-refractivity contribution in [3.05, 3.63) is 118 Å². The number of hydrogen-bond acceptors (Lipinski definition) is 6. The van der Waals surface area contributed by atoms with Gasteiger partial charge in [-0.15, -0.1) is 11.3 Å². The Morgan fingerprint density at radius 1 is 1.03 bits per heavy atom. The van der Waals surface area contributed by atoms with Crippen LogP contribution in [0.1, 0.15) is 32.5 Å². The number of aliphatic hydroxyl groups excluding tert-OH is 1. The minimum absolute atomic E-state index is 0.00381. The number of para-hydroxylation sites is 1. The van der Waals surface area contributed by atoms with Crippen LogP contribution in [0.4, 0.5) is 0 Å². The third kappa shape index (κ3) is 4.38. The lowest BCUT2D eigenvalue weighted by Gasteiger charge is -2.27. The molecule has 194 valence electrons. The van der Waals surface area contributed by atoms with Crippen LogP contribution in [0, 0.1) is 6.92 Å². The molecule has 39 heavy (non-hydrogen) atoms. The largest absolute Gasteiger partial charge is 0.508 e. The van der Waals surface area contributed by atoms with Crippen molar-refractivity contribution in [3.63, 3.8) is 0 Å². The Bertz CT molecular complexity index is 1750. The van der Waals surface area contributed by atoms with E-state index in [9.17, 15) is 19.8 Å². The van der Waals surface area contributed by atoms with Crippen LogP contribution >= 0.6 is 11.3 Å². The fourth-order valence-electron chi connectivity index (χ4n) is 5.17. The number of Topliss-reactive ketones (excluding diaryl/α,β-unsaturated/α-hetero) is 1. The van der Waals surface area contributed by atoms with E-state index in [0.29, 0.717) is 27.6 Å². The molecule has 6 rings (SSSR count). The Hall–Kier alpha value is -4.69. The molecule has 3 aromatic carbocycles. The maximum Gasteiger partial charge on any atom is 0.290 e. The molecule has 3 heterocycles. The molecular weight excluding hydrogens is 510 g/mol. The van der Waals surface area contributed by atoms with Gasteiger partial charge in [0.2, 0.25) is 5.78 Å². The van der Waals surface area contributed by atoms with E-state index in [1.54, 1.807) is 19.1 Å². The fourth-order valence-corrected chi connectivity index (χ4v) is 6.20. The van der Waals surface area contributed by atoms with Crippen molar-refractivity contribution >= 4 is 33.9 Å². The van der Waals surface area contributed by atoms with Crippen LogP contribution in [0.2, 0.25) is 0 Å². The average molecular weight is 536 g/mol. The smallest absolute Gasteiger partial charge is 0.290 e. The number of H-pyrrole nitrogens is 1. The molecule has 0 bridgehead atoms. The summed E-state index contributed by atoms with van der Waals surface area (Å²) in [6.45, 7) is 2.02. The number of aryl methyl sites for hydroxylation is 1. The zero-order chi connectivity index (χ0) is 27.1. The van der Waals surface area contributed by atoms with Gasteiger partial charge in [-0.2, -0.15) is 0 Å². The summed E-state index contributed by atoms with van der Waals surface area (Å²) in [5.41, 5.74) is 3.98. The summed E-state index contributed by atoms with van der Waals surface area (Å²) < 4.78 is 0. The Morgan fingerprint density at radius 2 is 1.79 bits per heavy atom. The number of phenolic OH excluding ortho intramolecular Hbond substituents is 1. The Morgan fingerprint density at radius 3 is 2.59 bits per heavy atom. The molecule has 8 heteroatoms. The van der Waals surface area contributed by atoms with Crippen LogP contribution < -0.4 is 0 Å². The molecule has 1 amide bonds. The van der Waals surface area contributed by atoms with Crippen LogP contribution in [0.25, 0.3) is 21.5 Å². The fraction of sp³-hybridized carbons (Fsp3) is 0.129. The first-order valence-electron chi connectivity index (χ1n) is 12.6. The first-order valence-corrected chi connectivity index (χ1v) is 13.4. The molecule has 0 radical (unpaired) electrons. The van der Waals surface area contributed by atoms with Crippen LogP contribution in [0.15, 0.2) is 96.4 Å². The highest BCUT2D eigenvalue weighted by molar-refractivity contribution is 7.17. The quantitative estimate of drug-likeness (QED) is 0.218. The number of phenols is 1. The van der Waals surface area contributed by atoms with Gasteiger partial charge in [-0.3, -0.25) is 9.59 Å². The molecule has 1 atom stereocenters. The Kier molecular flexibility index (Phi) is 6.24. The van der Waals surface area contributed by atoms with Crippen molar-refractivity contribution in [2.75, 3.05) is 6.54 Å². The average Bonchev–Trinajstić information content (AvgIpc) is 3.62. The summed E-state index contributed by atoms with van der Waals surface area (Å²) >= 11 is 1.24. The number of amides is 1. The summed E-state index contributed by atoms with van der Waals surface area (Å²) in [5.74, 6) is -1.62. The van der Waals surface area contributed by atoms with Crippen LogP contribution in [0.3, 0.4) is 0 Å².